The van der Waals surface area contributed by atoms with Crippen LogP contribution in [0.4, 0.5) is 0 Å². The van der Waals surface area contributed by atoms with Crippen molar-refractivity contribution in [2.45, 2.75) is 271 Å². The molecule has 0 aromatic rings. The van der Waals surface area contributed by atoms with Gasteiger partial charge >= 0.3 is 17.9 Å². The van der Waals surface area contributed by atoms with Crippen molar-refractivity contribution in [1.82, 2.24) is 0 Å². The molecule has 0 amide bonds. The Morgan fingerprint density at radius 1 is 0.296 bits per heavy atom. The molecule has 71 heavy (non-hydrogen) atoms. The minimum Gasteiger partial charge on any atom is -0.462 e. The molecule has 404 valence electrons. The molecular weight excluding hydrogens is 877 g/mol. The van der Waals surface area contributed by atoms with E-state index in [9.17, 15) is 14.4 Å². The summed E-state index contributed by atoms with van der Waals surface area (Å²) in [5, 5.41) is 0. The average molecular weight is 986 g/mol. The fraction of sp³-hybridized carbons (Fsp3) is 0.677. The lowest BCUT2D eigenvalue weighted by Gasteiger charge is -2.18. The van der Waals surface area contributed by atoms with E-state index in [1.807, 2.05) is 0 Å². The molecule has 0 saturated carbocycles. The lowest BCUT2D eigenvalue weighted by atomic mass is 10.1. The molecule has 1 unspecified atom stereocenters. The van der Waals surface area contributed by atoms with Gasteiger partial charge in [0.1, 0.15) is 13.2 Å². The quantitative estimate of drug-likeness (QED) is 0.0261. The first kappa shape index (κ1) is 67.1. The van der Waals surface area contributed by atoms with Crippen LogP contribution in [0.2, 0.25) is 0 Å². The molecule has 0 N–H and O–H groups in total. The second-order valence-corrected chi connectivity index (χ2v) is 19.1. The molecule has 0 saturated heterocycles. The highest BCUT2D eigenvalue weighted by Gasteiger charge is 2.19. The highest BCUT2D eigenvalue weighted by atomic mass is 16.6. The SMILES string of the molecule is CC/C=C\C/C=C\C/C=C\C/C=C\C/C=C\CCCCCCCCCCCC(=O)OCC(COC(=O)CCCCCCCCC)OC(=O)CCCCCCCCCC/C=C\C/C=C\C/C=C\C/C=C\CC. The van der Waals surface area contributed by atoms with Gasteiger partial charge in [0.2, 0.25) is 0 Å². The predicted molar refractivity (Wildman–Crippen MR) is 307 cm³/mol. The molecule has 6 heteroatoms. The number of unbranched alkanes of at least 4 members (excludes halogenated alkanes) is 23. The summed E-state index contributed by atoms with van der Waals surface area (Å²) in [6, 6.07) is 0. The smallest absolute Gasteiger partial charge is 0.306 e. The molecular formula is C65H108O6. The largest absolute Gasteiger partial charge is 0.462 e. The minimum atomic E-state index is -0.784. The summed E-state index contributed by atoms with van der Waals surface area (Å²) in [5.74, 6) is -0.903. The maximum absolute atomic E-state index is 12.8. The van der Waals surface area contributed by atoms with E-state index in [1.54, 1.807) is 0 Å². The van der Waals surface area contributed by atoms with Crippen molar-refractivity contribution in [3.63, 3.8) is 0 Å². The van der Waals surface area contributed by atoms with Crippen LogP contribution in [0.15, 0.2) is 109 Å². The third-order valence-corrected chi connectivity index (χ3v) is 12.3. The molecule has 0 aromatic carbocycles. The summed E-state index contributed by atoms with van der Waals surface area (Å²) in [7, 11) is 0. The molecule has 0 radical (unpaired) electrons. The van der Waals surface area contributed by atoms with Crippen LogP contribution in [0, 0.1) is 0 Å². The van der Waals surface area contributed by atoms with E-state index in [4.69, 9.17) is 14.2 Å². The Bertz CT molecular complexity index is 1460. The zero-order valence-electron chi connectivity index (χ0n) is 46.2. The first-order chi connectivity index (χ1) is 35.0. The molecule has 0 aliphatic carbocycles. The van der Waals surface area contributed by atoms with Gasteiger partial charge < -0.3 is 14.2 Å². The molecule has 0 heterocycles. The van der Waals surface area contributed by atoms with E-state index in [2.05, 4.69) is 130 Å². The molecule has 0 spiro atoms. The van der Waals surface area contributed by atoms with Crippen LogP contribution in [0.25, 0.3) is 0 Å². The van der Waals surface area contributed by atoms with E-state index < -0.39 is 6.10 Å². The number of esters is 3. The first-order valence-electron chi connectivity index (χ1n) is 29.4. The van der Waals surface area contributed by atoms with Crippen LogP contribution in [0.3, 0.4) is 0 Å². The van der Waals surface area contributed by atoms with Crippen LogP contribution in [-0.2, 0) is 28.6 Å². The summed E-state index contributed by atoms with van der Waals surface area (Å²) in [6.45, 7) is 6.36. The number of allylic oxidation sites excluding steroid dienone is 18. The molecule has 0 rings (SSSR count). The fourth-order valence-corrected chi connectivity index (χ4v) is 7.93. The van der Waals surface area contributed by atoms with Gasteiger partial charge in [0.25, 0.3) is 0 Å². The highest BCUT2D eigenvalue weighted by molar-refractivity contribution is 5.71. The third kappa shape index (κ3) is 56.9. The van der Waals surface area contributed by atoms with Crippen molar-refractivity contribution in [3.05, 3.63) is 109 Å². The van der Waals surface area contributed by atoms with Crippen LogP contribution in [0.1, 0.15) is 265 Å². The standard InChI is InChI=1S/C65H108O6/c1-4-7-10-13-16-18-20-22-24-26-28-30-31-32-33-35-36-38-40-42-44-46-49-52-55-58-64(67)70-61-62(60-69-63(66)57-54-51-48-15-12-9-6-3)71-65(68)59-56-53-50-47-45-43-41-39-37-34-29-27-25-23-21-19-17-14-11-8-5-2/h7-8,10-11,16-19,22-25,28-30,32-34,62H,4-6,9,12-15,20-21,26-27,31,35-61H2,1-3H3/b10-7-,11-8-,18-16-,19-17-,24-22-,25-23-,30-28-,33-32-,34-29-. The average Bonchev–Trinajstić information content (AvgIpc) is 3.37. The number of rotatable bonds is 52. The zero-order chi connectivity index (χ0) is 51.4. The molecule has 1 atom stereocenters. The normalized spacial score (nSPS) is 12.9. The highest BCUT2D eigenvalue weighted by Crippen LogP contribution is 2.15. The zero-order valence-corrected chi connectivity index (χ0v) is 46.2. The Morgan fingerprint density at radius 3 is 0.859 bits per heavy atom. The van der Waals surface area contributed by atoms with Crippen LogP contribution < -0.4 is 0 Å². The van der Waals surface area contributed by atoms with Gasteiger partial charge in [0.15, 0.2) is 6.10 Å². The van der Waals surface area contributed by atoms with E-state index in [0.29, 0.717) is 19.3 Å². The van der Waals surface area contributed by atoms with Crippen molar-refractivity contribution in [2.75, 3.05) is 13.2 Å². The van der Waals surface area contributed by atoms with E-state index in [0.717, 1.165) is 128 Å². The summed E-state index contributed by atoms with van der Waals surface area (Å²) >= 11 is 0. The van der Waals surface area contributed by atoms with E-state index >= 15 is 0 Å². The monoisotopic (exact) mass is 985 g/mol. The minimum absolute atomic E-state index is 0.0833. The second kappa shape index (κ2) is 58.6. The van der Waals surface area contributed by atoms with Crippen LogP contribution in [-0.4, -0.2) is 37.2 Å². The van der Waals surface area contributed by atoms with E-state index in [1.165, 1.54) is 96.3 Å². The molecule has 0 fully saturated rings. The predicted octanol–water partition coefficient (Wildman–Crippen LogP) is 19.9. The fourth-order valence-electron chi connectivity index (χ4n) is 7.93. The number of carbonyl (C=O) groups excluding carboxylic acids is 3. The van der Waals surface area contributed by atoms with Crippen LogP contribution >= 0.6 is 0 Å². The Labute approximate surface area is 438 Å². The van der Waals surface area contributed by atoms with Crippen molar-refractivity contribution >= 4 is 17.9 Å². The molecule has 6 nitrogen and oxygen atoms in total. The van der Waals surface area contributed by atoms with Crippen molar-refractivity contribution in [2.24, 2.45) is 0 Å². The Balaban J connectivity index is 4.22. The van der Waals surface area contributed by atoms with Gasteiger partial charge in [0.05, 0.1) is 0 Å². The van der Waals surface area contributed by atoms with Gasteiger partial charge in [-0.1, -0.05) is 252 Å². The summed E-state index contributed by atoms with van der Waals surface area (Å²) in [4.78, 5) is 38.0. The van der Waals surface area contributed by atoms with Gasteiger partial charge in [-0.05, 0) is 103 Å². The number of hydrogen-bond donors (Lipinski definition) is 0. The Morgan fingerprint density at radius 2 is 0.549 bits per heavy atom. The molecule has 0 aromatic heterocycles. The van der Waals surface area contributed by atoms with Gasteiger partial charge in [-0.15, -0.1) is 0 Å². The third-order valence-electron chi connectivity index (χ3n) is 12.3. The number of carbonyl (C=O) groups is 3. The summed E-state index contributed by atoms with van der Waals surface area (Å²) in [5.41, 5.74) is 0. The lowest BCUT2D eigenvalue weighted by molar-refractivity contribution is -0.167. The molecule has 0 bridgehead atoms. The summed E-state index contributed by atoms with van der Waals surface area (Å²) in [6.07, 6.45) is 79.6. The lowest BCUT2D eigenvalue weighted by Crippen LogP contribution is -2.30. The van der Waals surface area contributed by atoms with Gasteiger partial charge in [-0.25, -0.2) is 0 Å². The molecule has 0 aliphatic rings. The van der Waals surface area contributed by atoms with Crippen molar-refractivity contribution < 1.29 is 28.6 Å². The van der Waals surface area contributed by atoms with Crippen LogP contribution in [0.5, 0.6) is 0 Å². The maximum Gasteiger partial charge on any atom is 0.306 e. The van der Waals surface area contributed by atoms with Gasteiger partial charge in [-0.2, -0.15) is 0 Å². The van der Waals surface area contributed by atoms with Crippen molar-refractivity contribution in [3.8, 4) is 0 Å². The number of ether oxygens (including phenoxy) is 3. The topological polar surface area (TPSA) is 78.9 Å². The Kier molecular flexibility index (Phi) is 55.4. The van der Waals surface area contributed by atoms with Gasteiger partial charge in [-0.3, -0.25) is 14.4 Å². The first-order valence-corrected chi connectivity index (χ1v) is 29.4. The maximum atomic E-state index is 12.8. The Hall–Kier alpha value is -3.93. The van der Waals surface area contributed by atoms with Gasteiger partial charge in [0, 0.05) is 19.3 Å². The molecule has 0 aliphatic heterocycles. The summed E-state index contributed by atoms with van der Waals surface area (Å²) < 4.78 is 16.8. The van der Waals surface area contributed by atoms with Crippen molar-refractivity contribution in [1.29, 1.82) is 0 Å². The number of hydrogen-bond acceptors (Lipinski definition) is 6. The second-order valence-electron chi connectivity index (χ2n) is 19.1. The van der Waals surface area contributed by atoms with E-state index in [-0.39, 0.29) is 31.1 Å².